The first-order chi connectivity index (χ1) is 12.2. The number of carbonyl (C=O) groups is 1. The molecule has 0 saturated carbocycles. The number of pyridine rings is 2. The van der Waals surface area contributed by atoms with Crippen molar-refractivity contribution in [3.8, 4) is 0 Å². The largest absolute Gasteiger partial charge is 0.381 e. The average molecular weight is 332 g/mol. The van der Waals surface area contributed by atoms with Crippen LogP contribution in [0.25, 0.3) is 0 Å². The number of aryl methyl sites for hydroxylation is 1. The summed E-state index contributed by atoms with van der Waals surface area (Å²) in [5.74, 6) is -0.205. The Labute approximate surface area is 147 Å². The highest BCUT2D eigenvalue weighted by Gasteiger charge is 2.08. The van der Waals surface area contributed by atoms with Gasteiger partial charge in [0.25, 0.3) is 5.91 Å². The van der Waals surface area contributed by atoms with E-state index < -0.39 is 0 Å². The van der Waals surface area contributed by atoms with Crippen LogP contribution in [-0.4, -0.2) is 15.9 Å². The van der Waals surface area contributed by atoms with Gasteiger partial charge >= 0.3 is 0 Å². The number of benzene rings is 1. The summed E-state index contributed by atoms with van der Waals surface area (Å²) in [6.07, 6.45) is 5.07. The molecule has 0 aliphatic carbocycles. The molecule has 0 spiro atoms. The minimum Gasteiger partial charge on any atom is -0.381 e. The Morgan fingerprint density at radius 2 is 1.92 bits per heavy atom. The predicted octanol–water partition coefficient (Wildman–Crippen LogP) is 3.33. The molecule has 0 fully saturated rings. The van der Waals surface area contributed by atoms with Gasteiger partial charge in [-0.05, 0) is 41.8 Å². The number of rotatable bonds is 6. The van der Waals surface area contributed by atoms with Crippen molar-refractivity contribution in [1.29, 1.82) is 0 Å². The van der Waals surface area contributed by atoms with Crippen molar-refractivity contribution in [1.82, 2.24) is 15.3 Å². The van der Waals surface area contributed by atoms with E-state index in [1.165, 1.54) is 11.1 Å². The molecule has 2 aromatic heterocycles. The normalized spacial score (nSPS) is 10.3. The van der Waals surface area contributed by atoms with Crippen molar-refractivity contribution >= 4 is 11.6 Å². The second kappa shape index (κ2) is 8.06. The molecule has 0 aliphatic heterocycles. The lowest BCUT2D eigenvalue weighted by Gasteiger charge is -2.10. The molecule has 0 radical (unpaired) electrons. The molecule has 0 bridgehead atoms. The van der Waals surface area contributed by atoms with E-state index in [4.69, 9.17) is 0 Å². The van der Waals surface area contributed by atoms with Crippen LogP contribution in [0.4, 0.5) is 5.69 Å². The molecular weight excluding hydrogens is 312 g/mol. The monoisotopic (exact) mass is 332 g/mol. The van der Waals surface area contributed by atoms with Crippen LogP contribution in [0.5, 0.6) is 0 Å². The quantitative estimate of drug-likeness (QED) is 0.726. The summed E-state index contributed by atoms with van der Waals surface area (Å²) >= 11 is 0. The van der Waals surface area contributed by atoms with Crippen molar-refractivity contribution in [3.63, 3.8) is 0 Å². The van der Waals surface area contributed by atoms with Crippen molar-refractivity contribution in [2.75, 3.05) is 5.32 Å². The Hall–Kier alpha value is -3.21. The van der Waals surface area contributed by atoms with Crippen molar-refractivity contribution in [3.05, 3.63) is 89.5 Å². The van der Waals surface area contributed by atoms with E-state index in [0.29, 0.717) is 18.8 Å². The first-order valence-electron chi connectivity index (χ1n) is 8.14. The van der Waals surface area contributed by atoms with Crippen LogP contribution in [0.3, 0.4) is 0 Å². The average Bonchev–Trinajstić information content (AvgIpc) is 2.66. The van der Waals surface area contributed by atoms with Crippen LogP contribution in [0.2, 0.25) is 0 Å². The summed E-state index contributed by atoms with van der Waals surface area (Å²) in [6, 6.07) is 15.6. The molecule has 3 aromatic rings. The van der Waals surface area contributed by atoms with Crippen LogP contribution in [0.1, 0.15) is 27.2 Å². The van der Waals surface area contributed by atoms with E-state index in [2.05, 4.69) is 39.7 Å². The van der Waals surface area contributed by atoms with Gasteiger partial charge in [-0.25, -0.2) is 0 Å². The maximum Gasteiger partial charge on any atom is 0.270 e. The Kier molecular flexibility index (Phi) is 5.36. The first kappa shape index (κ1) is 16.6. The molecule has 3 rings (SSSR count). The maximum absolute atomic E-state index is 12.3. The molecule has 0 saturated heterocycles. The third-order valence-corrected chi connectivity index (χ3v) is 3.91. The van der Waals surface area contributed by atoms with Crippen LogP contribution in [-0.2, 0) is 13.1 Å². The zero-order valence-corrected chi connectivity index (χ0v) is 14.1. The summed E-state index contributed by atoms with van der Waals surface area (Å²) in [5, 5.41) is 6.20. The summed E-state index contributed by atoms with van der Waals surface area (Å²) in [7, 11) is 0. The molecule has 2 heterocycles. The second-order valence-electron chi connectivity index (χ2n) is 5.75. The number of carbonyl (C=O) groups excluding carboxylic acids is 1. The minimum absolute atomic E-state index is 0.205. The molecule has 126 valence electrons. The van der Waals surface area contributed by atoms with Gasteiger partial charge in [0.1, 0.15) is 5.69 Å². The van der Waals surface area contributed by atoms with E-state index >= 15 is 0 Å². The van der Waals surface area contributed by atoms with Crippen molar-refractivity contribution in [2.24, 2.45) is 0 Å². The lowest BCUT2D eigenvalue weighted by molar-refractivity contribution is 0.0946. The van der Waals surface area contributed by atoms with Gasteiger partial charge in [-0.1, -0.05) is 30.3 Å². The Bertz CT molecular complexity index is 849. The fourth-order valence-corrected chi connectivity index (χ4v) is 2.45. The van der Waals surface area contributed by atoms with Gasteiger partial charge in [0.05, 0.1) is 0 Å². The lowest BCUT2D eigenvalue weighted by Crippen LogP contribution is -2.23. The van der Waals surface area contributed by atoms with E-state index in [1.807, 2.05) is 30.3 Å². The number of amides is 1. The summed E-state index contributed by atoms with van der Waals surface area (Å²) in [5.41, 5.74) is 4.66. The van der Waals surface area contributed by atoms with E-state index in [-0.39, 0.29) is 5.91 Å². The Morgan fingerprint density at radius 3 is 2.72 bits per heavy atom. The third-order valence-electron chi connectivity index (χ3n) is 3.91. The predicted molar refractivity (Wildman–Crippen MR) is 98.1 cm³/mol. The zero-order valence-electron chi connectivity index (χ0n) is 14.1. The number of nitrogens with one attached hydrogen (secondary N) is 2. The summed E-state index contributed by atoms with van der Waals surface area (Å²) < 4.78 is 0. The molecule has 2 N–H and O–H groups in total. The number of anilines is 1. The standard InChI is InChI=1S/C20H20N4O/c1-15-5-2-3-7-17(15)14-23-18-8-10-22-19(11-18)20(25)24-13-16-6-4-9-21-12-16/h2-12H,13-14H2,1H3,(H,22,23)(H,24,25). The van der Waals surface area contributed by atoms with Crippen LogP contribution >= 0.6 is 0 Å². The zero-order chi connectivity index (χ0) is 17.5. The first-order valence-corrected chi connectivity index (χ1v) is 8.14. The topological polar surface area (TPSA) is 66.9 Å². The Morgan fingerprint density at radius 1 is 1.04 bits per heavy atom. The fraction of sp³-hybridized carbons (Fsp3) is 0.150. The number of hydrogen-bond acceptors (Lipinski definition) is 4. The van der Waals surface area contributed by atoms with Gasteiger partial charge in [0.2, 0.25) is 0 Å². The second-order valence-corrected chi connectivity index (χ2v) is 5.75. The van der Waals surface area contributed by atoms with Gasteiger partial charge in [-0.15, -0.1) is 0 Å². The number of nitrogens with zero attached hydrogens (tertiary/aromatic N) is 2. The van der Waals surface area contributed by atoms with Gasteiger partial charge in [-0.2, -0.15) is 0 Å². The molecular formula is C20H20N4O. The van der Waals surface area contributed by atoms with Crippen molar-refractivity contribution < 1.29 is 4.79 Å². The van der Waals surface area contributed by atoms with Gasteiger partial charge in [0, 0.05) is 37.4 Å². The van der Waals surface area contributed by atoms with Crippen molar-refractivity contribution in [2.45, 2.75) is 20.0 Å². The molecule has 5 nitrogen and oxygen atoms in total. The lowest BCUT2D eigenvalue weighted by atomic mass is 10.1. The summed E-state index contributed by atoms with van der Waals surface area (Å²) in [4.78, 5) is 20.5. The third kappa shape index (κ3) is 4.64. The molecule has 0 aliphatic rings. The highest BCUT2D eigenvalue weighted by atomic mass is 16.1. The van der Waals surface area contributed by atoms with Crippen LogP contribution in [0, 0.1) is 6.92 Å². The molecule has 0 atom stereocenters. The minimum atomic E-state index is -0.205. The van der Waals surface area contributed by atoms with Gasteiger partial charge in [-0.3, -0.25) is 14.8 Å². The van der Waals surface area contributed by atoms with E-state index in [0.717, 1.165) is 11.3 Å². The van der Waals surface area contributed by atoms with E-state index in [1.54, 1.807) is 24.7 Å². The van der Waals surface area contributed by atoms with Gasteiger partial charge < -0.3 is 10.6 Å². The van der Waals surface area contributed by atoms with Crippen LogP contribution in [0.15, 0.2) is 67.1 Å². The molecule has 1 amide bonds. The molecule has 25 heavy (non-hydrogen) atoms. The highest BCUT2D eigenvalue weighted by Crippen LogP contribution is 2.13. The number of hydrogen-bond donors (Lipinski definition) is 2. The fourth-order valence-electron chi connectivity index (χ4n) is 2.45. The highest BCUT2D eigenvalue weighted by molar-refractivity contribution is 5.93. The SMILES string of the molecule is Cc1ccccc1CNc1ccnc(C(=O)NCc2cccnc2)c1. The van der Waals surface area contributed by atoms with E-state index in [9.17, 15) is 4.79 Å². The molecule has 5 heteroatoms. The Balaban J connectivity index is 1.61. The number of aromatic nitrogens is 2. The van der Waals surface area contributed by atoms with Crippen LogP contribution < -0.4 is 10.6 Å². The smallest absolute Gasteiger partial charge is 0.270 e. The van der Waals surface area contributed by atoms with Gasteiger partial charge in [0.15, 0.2) is 0 Å². The molecule has 0 unspecified atom stereocenters. The molecule has 1 aromatic carbocycles. The summed E-state index contributed by atoms with van der Waals surface area (Å²) in [6.45, 7) is 3.21. The maximum atomic E-state index is 12.3.